The van der Waals surface area contributed by atoms with Crippen molar-refractivity contribution in [1.29, 1.82) is 0 Å². The van der Waals surface area contributed by atoms with Crippen molar-refractivity contribution < 1.29 is 14.3 Å². The van der Waals surface area contributed by atoms with Crippen LogP contribution in [-0.2, 0) is 0 Å². The van der Waals surface area contributed by atoms with Crippen LogP contribution in [0.2, 0.25) is 0 Å². The van der Waals surface area contributed by atoms with Gasteiger partial charge in [0.25, 0.3) is 0 Å². The Balaban J connectivity index is 2.17. The Morgan fingerprint density at radius 2 is 1.88 bits per heavy atom. The number of fused-ring (bicyclic) bond motifs is 2. The first kappa shape index (κ1) is 15.1. The van der Waals surface area contributed by atoms with Gasteiger partial charge in [-0.2, -0.15) is 0 Å². The summed E-state index contributed by atoms with van der Waals surface area (Å²) < 4.78 is 5.22. The average Bonchev–Trinajstić information content (AvgIpc) is 2.61. The van der Waals surface area contributed by atoms with Crippen LogP contribution >= 0.6 is 0 Å². The van der Waals surface area contributed by atoms with Crippen LogP contribution in [0, 0.1) is 6.92 Å². The second kappa shape index (κ2) is 5.56. The predicted octanol–water partition coefficient (Wildman–Crippen LogP) is 4.01. The maximum atomic E-state index is 11.9. The molecule has 0 atom stereocenters. The highest BCUT2D eigenvalue weighted by atomic mass is 16.4. The number of benzene rings is 2. The third-order valence-corrected chi connectivity index (χ3v) is 4.27. The lowest BCUT2D eigenvalue weighted by Gasteiger charge is -2.12. The molecule has 0 unspecified atom stereocenters. The van der Waals surface area contributed by atoms with Crippen molar-refractivity contribution in [3.05, 3.63) is 76.3 Å². The van der Waals surface area contributed by atoms with Gasteiger partial charge < -0.3 is 9.52 Å². The number of pyridine rings is 1. The minimum absolute atomic E-state index is 0.338. The van der Waals surface area contributed by atoms with Crippen molar-refractivity contribution >= 4 is 27.7 Å². The summed E-state index contributed by atoms with van der Waals surface area (Å²) in [6.45, 7) is 1.92. The Morgan fingerprint density at radius 3 is 2.68 bits per heavy atom. The van der Waals surface area contributed by atoms with Gasteiger partial charge >= 0.3 is 11.6 Å². The van der Waals surface area contributed by atoms with Crippen LogP contribution in [0.3, 0.4) is 0 Å². The van der Waals surface area contributed by atoms with E-state index in [0.717, 1.165) is 27.6 Å². The number of aryl methyl sites for hydroxylation is 1. The van der Waals surface area contributed by atoms with E-state index in [1.165, 1.54) is 6.07 Å². The molecule has 0 aliphatic carbocycles. The van der Waals surface area contributed by atoms with Crippen LogP contribution in [-0.4, -0.2) is 16.1 Å². The van der Waals surface area contributed by atoms with Gasteiger partial charge in [0, 0.05) is 22.5 Å². The number of hydrogen-bond donors (Lipinski definition) is 1. The molecule has 0 aliphatic rings. The largest absolute Gasteiger partial charge is 0.477 e. The summed E-state index contributed by atoms with van der Waals surface area (Å²) in [5, 5.41) is 11.8. The van der Waals surface area contributed by atoms with Gasteiger partial charge in [0.1, 0.15) is 11.1 Å². The molecular formula is C20H13NO4. The van der Waals surface area contributed by atoms with E-state index in [-0.39, 0.29) is 5.56 Å². The minimum atomic E-state index is -1.31. The van der Waals surface area contributed by atoms with E-state index in [0.29, 0.717) is 11.0 Å². The number of hydrogen-bond acceptors (Lipinski definition) is 4. The topological polar surface area (TPSA) is 80.4 Å². The maximum absolute atomic E-state index is 11.9. The summed E-state index contributed by atoms with van der Waals surface area (Å²) in [4.78, 5) is 27.7. The Morgan fingerprint density at radius 1 is 1.08 bits per heavy atom. The van der Waals surface area contributed by atoms with Crippen molar-refractivity contribution in [3.8, 4) is 11.3 Å². The monoisotopic (exact) mass is 331 g/mol. The molecule has 2 heterocycles. The summed E-state index contributed by atoms with van der Waals surface area (Å²) >= 11 is 0. The van der Waals surface area contributed by atoms with E-state index in [1.807, 2.05) is 43.3 Å². The molecule has 4 rings (SSSR count). The van der Waals surface area contributed by atoms with Crippen LogP contribution in [0.4, 0.5) is 0 Å². The van der Waals surface area contributed by atoms with Gasteiger partial charge in [-0.05, 0) is 36.1 Å². The third-order valence-electron chi connectivity index (χ3n) is 4.27. The van der Waals surface area contributed by atoms with E-state index in [4.69, 9.17) is 4.42 Å². The van der Waals surface area contributed by atoms with Crippen LogP contribution in [0.1, 0.15) is 15.9 Å². The highest BCUT2D eigenvalue weighted by molar-refractivity contribution is 6.05. The highest BCUT2D eigenvalue weighted by Gasteiger charge is 2.18. The molecule has 0 saturated carbocycles. The van der Waals surface area contributed by atoms with E-state index in [2.05, 4.69) is 4.98 Å². The number of carbonyl (C=O) groups is 1. The third kappa shape index (κ3) is 2.37. The Kier molecular flexibility index (Phi) is 3.35. The van der Waals surface area contributed by atoms with Crippen LogP contribution in [0.5, 0.6) is 0 Å². The smallest absolute Gasteiger partial charge is 0.351 e. The summed E-state index contributed by atoms with van der Waals surface area (Å²) in [5.74, 6) is -1.31. The standard InChI is InChI=1S/C20H13NO4/c1-11-6-7-16-14(10-15(19(22)23)20(24)25-16)17(11)18-13-5-3-2-4-12(13)8-9-21-18/h2-10H,1H3,(H,22,23). The first-order valence-corrected chi connectivity index (χ1v) is 7.71. The summed E-state index contributed by atoms with van der Waals surface area (Å²) in [5.41, 5.74) is 1.50. The molecular weight excluding hydrogens is 318 g/mol. The van der Waals surface area contributed by atoms with Crippen molar-refractivity contribution in [2.24, 2.45) is 0 Å². The maximum Gasteiger partial charge on any atom is 0.351 e. The van der Waals surface area contributed by atoms with Gasteiger partial charge in [0.2, 0.25) is 0 Å². The van der Waals surface area contributed by atoms with Crippen molar-refractivity contribution in [2.75, 3.05) is 0 Å². The first-order valence-electron chi connectivity index (χ1n) is 7.71. The molecule has 1 N–H and O–H groups in total. The van der Waals surface area contributed by atoms with E-state index < -0.39 is 11.6 Å². The fourth-order valence-electron chi connectivity index (χ4n) is 3.08. The second-order valence-corrected chi connectivity index (χ2v) is 5.80. The van der Waals surface area contributed by atoms with Gasteiger partial charge in [0.05, 0.1) is 5.69 Å². The highest BCUT2D eigenvalue weighted by Crippen LogP contribution is 2.34. The van der Waals surface area contributed by atoms with Crippen molar-refractivity contribution in [1.82, 2.24) is 4.98 Å². The van der Waals surface area contributed by atoms with Gasteiger partial charge in [-0.1, -0.05) is 30.3 Å². The van der Waals surface area contributed by atoms with Gasteiger partial charge in [-0.25, -0.2) is 9.59 Å². The zero-order valence-corrected chi connectivity index (χ0v) is 13.3. The fourth-order valence-corrected chi connectivity index (χ4v) is 3.08. The lowest BCUT2D eigenvalue weighted by atomic mass is 9.96. The summed E-state index contributed by atoms with van der Waals surface area (Å²) in [6.07, 6.45) is 1.72. The van der Waals surface area contributed by atoms with Gasteiger partial charge in [0.15, 0.2) is 0 Å². The van der Waals surface area contributed by atoms with Gasteiger partial charge in [-0.3, -0.25) is 4.98 Å². The lowest BCUT2D eigenvalue weighted by Crippen LogP contribution is -2.13. The molecule has 2 aromatic heterocycles. The molecule has 0 spiro atoms. The number of rotatable bonds is 2. The number of carboxylic acid groups (broad SMARTS) is 1. The summed E-state index contributed by atoms with van der Waals surface area (Å²) in [6, 6.07) is 14.6. The molecule has 25 heavy (non-hydrogen) atoms. The lowest BCUT2D eigenvalue weighted by molar-refractivity contribution is 0.0692. The molecule has 2 aromatic carbocycles. The molecule has 0 amide bonds. The number of nitrogens with zero attached hydrogens (tertiary/aromatic N) is 1. The molecule has 0 saturated heterocycles. The molecule has 0 aliphatic heterocycles. The van der Waals surface area contributed by atoms with E-state index >= 15 is 0 Å². The first-order chi connectivity index (χ1) is 12.1. The number of carboxylic acids is 1. The van der Waals surface area contributed by atoms with Crippen molar-refractivity contribution in [3.63, 3.8) is 0 Å². The molecule has 0 bridgehead atoms. The average molecular weight is 331 g/mol. The van der Waals surface area contributed by atoms with Crippen LogP contribution in [0.15, 0.2) is 63.9 Å². The van der Waals surface area contributed by atoms with Crippen molar-refractivity contribution in [2.45, 2.75) is 6.92 Å². The fraction of sp³-hybridized carbons (Fsp3) is 0.0500. The zero-order chi connectivity index (χ0) is 17.6. The van der Waals surface area contributed by atoms with Gasteiger partial charge in [-0.15, -0.1) is 0 Å². The number of aromatic nitrogens is 1. The SMILES string of the molecule is Cc1ccc2oc(=O)c(C(=O)O)cc2c1-c1nccc2ccccc12. The molecule has 4 aromatic rings. The molecule has 5 heteroatoms. The predicted molar refractivity (Wildman–Crippen MR) is 94.9 cm³/mol. The Labute approximate surface area is 142 Å². The molecule has 0 radical (unpaired) electrons. The zero-order valence-electron chi connectivity index (χ0n) is 13.3. The molecule has 122 valence electrons. The number of aromatic carboxylic acids is 1. The summed E-state index contributed by atoms with van der Waals surface area (Å²) in [7, 11) is 0. The van der Waals surface area contributed by atoms with E-state index in [1.54, 1.807) is 12.3 Å². The minimum Gasteiger partial charge on any atom is -0.477 e. The molecule has 5 nitrogen and oxygen atoms in total. The molecule has 0 fully saturated rings. The Hall–Kier alpha value is -3.47. The van der Waals surface area contributed by atoms with Crippen LogP contribution < -0.4 is 5.63 Å². The van der Waals surface area contributed by atoms with E-state index in [9.17, 15) is 14.7 Å². The quantitative estimate of drug-likeness (QED) is 0.561. The Bertz CT molecular complexity index is 1200. The normalized spacial score (nSPS) is 11.1. The second-order valence-electron chi connectivity index (χ2n) is 5.80. The van der Waals surface area contributed by atoms with Crippen LogP contribution in [0.25, 0.3) is 33.0 Å².